The monoisotopic (exact) mass is 307 g/mol. The lowest BCUT2D eigenvalue weighted by Gasteiger charge is -2.23. The van der Waals surface area contributed by atoms with Gasteiger partial charge in [-0.15, -0.1) is 6.58 Å². The van der Waals surface area contributed by atoms with Crippen molar-refractivity contribution in [2.45, 2.75) is 19.3 Å². The number of hydrogen-bond donors (Lipinski definition) is 1. The van der Waals surface area contributed by atoms with Gasteiger partial charge in [0.1, 0.15) is 11.6 Å². The second-order valence-electron chi connectivity index (χ2n) is 5.94. The number of carbonyl (C=O) groups excluding carboxylic acids is 1. The lowest BCUT2D eigenvalue weighted by Crippen LogP contribution is -2.25. The fraction of sp³-hybridized carbons (Fsp3) is 0.263. The van der Waals surface area contributed by atoms with Gasteiger partial charge in [-0.1, -0.05) is 38.1 Å². The van der Waals surface area contributed by atoms with Crippen molar-refractivity contribution in [3.63, 3.8) is 0 Å². The molecule has 0 aliphatic carbocycles. The van der Waals surface area contributed by atoms with Gasteiger partial charge in [-0.3, -0.25) is 4.79 Å². The van der Waals surface area contributed by atoms with Crippen LogP contribution in [0.4, 0.5) is 5.69 Å². The highest BCUT2D eigenvalue weighted by atomic mass is 16.1. The van der Waals surface area contributed by atoms with Crippen LogP contribution in [0.2, 0.25) is 0 Å². The van der Waals surface area contributed by atoms with E-state index in [1.165, 1.54) is 5.56 Å². The van der Waals surface area contributed by atoms with Crippen LogP contribution >= 0.6 is 0 Å². The van der Waals surface area contributed by atoms with Crippen molar-refractivity contribution in [2.75, 3.05) is 18.5 Å². The van der Waals surface area contributed by atoms with Crippen LogP contribution in [0.5, 0.6) is 0 Å². The Kier molecular flexibility index (Phi) is 4.71. The highest BCUT2D eigenvalue weighted by Gasteiger charge is 2.37. The molecular formula is C19H21N3O. The average molecular weight is 307 g/mol. The summed E-state index contributed by atoms with van der Waals surface area (Å²) in [6, 6.07) is 10.2. The molecule has 1 aromatic rings. The van der Waals surface area contributed by atoms with Gasteiger partial charge in [0, 0.05) is 30.4 Å². The smallest absolute Gasteiger partial charge is 0.262 e. The number of fused-ring (bicyclic) bond motifs is 1. The zero-order valence-corrected chi connectivity index (χ0v) is 13.8. The third-order valence-electron chi connectivity index (χ3n) is 4.12. The molecule has 1 amide bonds. The number of rotatable bonds is 4. The molecule has 0 saturated carbocycles. The number of nitrogens with one attached hydrogen (secondary N) is 1. The van der Waals surface area contributed by atoms with Gasteiger partial charge < -0.3 is 10.2 Å². The molecule has 23 heavy (non-hydrogen) atoms. The largest absolute Gasteiger partial charge is 0.348 e. The molecule has 0 bridgehead atoms. The molecule has 1 aliphatic rings. The van der Waals surface area contributed by atoms with E-state index in [9.17, 15) is 10.1 Å². The van der Waals surface area contributed by atoms with Gasteiger partial charge in [0.15, 0.2) is 0 Å². The number of likely N-dealkylation sites (N-methyl/N-ethyl adjacent to an activating group) is 1. The molecule has 4 nitrogen and oxygen atoms in total. The topological polar surface area (TPSA) is 56.1 Å². The molecule has 4 heteroatoms. The predicted octanol–water partition coefficient (Wildman–Crippen LogP) is 3.05. The van der Waals surface area contributed by atoms with Crippen LogP contribution in [0.25, 0.3) is 0 Å². The Hall–Kier alpha value is -2.80. The molecule has 1 aromatic carbocycles. The molecular weight excluding hydrogens is 286 g/mol. The van der Waals surface area contributed by atoms with Gasteiger partial charge >= 0.3 is 0 Å². The molecule has 1 aliphatic heterocycles. The fourth-order valence-electron chi connectivity index (χ4n) is 2.89. The Morgan fingerprint density at radius 2 is 2.13 bits per heavy atom. The second-order valence-corrected chi connectivity index (χ2v) is 5.94. The molecule has 118 valence electrons. The summed E-state index contributed by atoms with van der Waals surface area (Å²) >= 11 is 0. The maximum atomic E-state index is 11.9. The van der Waals surface area contributed by atoms with Crippen LogP contribution in [0, 0.1) is 11.3 Å². The number of carbonyl (C=O) groups is 1. The number of nitrogens with zero attached hydrogens (tertiary/aromatic N) is 2. The lowest BCUT2D eigenvalue weighted by atomic mass is 9.83. The average Bonchev–Trinajstić information content (AvgIpc) is 2.74. The van der Waals surface area contributed by atoms with E-state index in [4.69, 9.17) is 0 Å². The maximum absolute atomic E-state index is 11.9. The Balaban J connectivity index is 2.36. The van der Waals surface area contributed by atoms with Gasteiger partial charge in [0.2, 0.25) is 0 Å². The number of nitriles is 1. The number of anilines is 1. The van der Waals surface area contributed by atoms with E-state index in [1.54, 1.807) is 12.2 Å². The molecule has 0 atom stereocenters. The van der Waals surface area contributed by atoms with E-state index in [-0.39, 0.29) is 16.9 Å². The van der Waals surface area contributed by atoms with Crippen LogP contribution in [0.15, 0.2) is 60.3 Å². The maximum Gasteiger partial charge on any atom is 0.262 e. The highest BCUT2D eigenvalue weighted by molar-refractivity contribution is 5.97. The first-order chi connectivity index (χ1) is 10.9. The van der Waals surface area contributed by atoms with E-state index < -0.39 is 0 Å². The van der Waals surface area contributed by atoms with Crippen LogP contribution in [-0.2, 0) is 10.2 Å². The lowest BCUT2D eigenvalue weighted by molar-refractivity contribution is -0.116. The van der Waals surface area contributed by atoms with Crippen molar-refractivity contribution in [3.05, 3.63) is 65.9 Å². The van der Waals surface area contributed by atoms with Crippen LogP contribution < -0.4 is 10.2 Å². The Bertz CT molecular complexity index is 735. The molecule has 1 N–H and O–H groups in total. The quantitative estimate of drug-likeness (QED) is 0.528. The minimum absolute atomic E-state index is 0.0829. The minimum Gasteiger partial charge on any atom is -0.348 e. The van der Waals surface area contributed by atoms with Crippen molar-refractivity contribution in [2.24, 2.45) is 0 Å². The molecule has 0 unspecified atom stereocenters. The summed E-state index contributed by atoms with van der Waals surface area (Å²) in [6.45, 7) is 8.16. The number of allylic oxidation sites excluding steroid dienone is 3. The molecule has 2 rings (SSSR count). The van der Waals surface area contributed by atoms with Crippen molar-refractivity contribution in [3.8, 4) is 6.07 Å². The van der Waals surface area contributed by atoms with E-state index in [2.05, 4.69) is 42.8 Å². The third kappa shape index (κ3) is 3.04. The minimum atomic E-state index is -0.389. The van der Waals surface area contributed by atoms with Crippen molar-refractivity contribution in [1.82, 2.24) is 5.32 Å². The van der Waals surface area contributed by atoms with Gasteiger partial charge in [-0.05, 0) is 23.8 Å². The summed E-state index contributed by atoms with van der Waals surface area (Å²) in [5.74, 6) is -0.389. The number of benzene rings is 1. The Labute approximate surface area is 137 Å². The molecule has 0 fully saturated rings. The zero-order chi connectivity index (χ0) is 17.0. The van der Waals surface area contributed by atoms with E-state index in [0.29, 0.717) is 6.54 Å². The first-order valence-electron chi connectivity index (χ1n) is 7.48. The Morgan fingerprint density at radius 1 is 1.43 bits per heavy atom. The van der Waals surface area contributed by atoms with Crippen molar-refractivity contribution in [1.29, 1.82) is 5.26 Å². The van der Waals surface area contributed by atoms with E-state index in [0.717, 1.165) is 11.4 Å². The van der Waals surface area contributed by atoms with E-state index in [1.807, 2.05) is 31.3 Å². The van der Waals surface area contributed by atoms with Gasteiger partial charge in [0.25, 0.3) is 5.91 Å². The van der Waals surface area contributed by atoms with Crippen LogP contribution in [0.1, 0.15) is 19.4 Å². The van der Waals surface area contributed by atoms with Crippen molar-refractivity contribution >= 4 is 11.6 Å². The van der Waals surface area contributed by atoms with Gasteiger partial charge in [-0.2, -0.15) is 5.26 Å². The number of hydrogen-bond acceptors (Lipinski definition) is 3. The summed E-state index contributed by atoms with van der Waals surface area (Å²) < 4.78 is 0. The Morgan fingerprint density at radius 3 is 2.74 bits per heavy atom. The predicted molar refractivity (Wildman–Crippen MR) is 92.9 cm³/mol. The summed E-state index contributed by atoms with van der Waals surface area (Å²) in [7, 11) is 2.00. The highest BCUT2D eigenvalue weighted by Crippen LogP contribution is 2.46. The zero-order valence-electron chi connectivity index (χ0n) is 13.8. The first-order valence-corrected chi connectivity index (χ1v) is 7.48. The summed E-state index contributed by atoms with van der Waals surface area (Å²) in [4.78, 5) is 14.0. The summed E-state index contributed by atoms with van der Waals surface area (Å²) in [5, 5.41) is 11.8. The normalized spacial score (nSPS) is 17.6. The van der Waals surface area contributed by atoms with Crippen LogP contribution in [0.3, 0.4) is 0 Å². The van der Waals surface area contributed by atoms with Gasteiger partial charge in [-0.25, -0.2) is 0 Å². The molecule has 0 spiro atoms. The summed E-state index contributed by atoms with van der Waals surface area (Å²) in [5.41, 5.74) is 3.33. The van der Waals surface area contributed by atoms with Gasteiger partial charge in [0.05, 0.1) is 0 Å². The fourth-order valence-corrected chi connectivity index (χ4v) is 2.89. The number of para-hydroxylation sites is 1. The third-order valence-corrected chi connectivity index (χ3v) is 4.12. The molecule has 0 aromatic heterocycles. The molecule has 1 heterocycles. The molecule has 0 saturated heterocycles. The second kappa shape index (κ2) is 6.53. The molecule has 0 radical (unpaired) electrons. The number of amides is 1. The standard InChI is InChI=1S/C19H21N3O/c1-5-12-21-18(23)14(13-20)10-11-17-19(2,3)15-8-6-7-9-16(15)22(17)4/h5-11H,1,12H2,2-4H3,(H,21,23)/b14-10+,17-11-. The first kappa shape index (κ1) is 16.6. The van der Waals surface area contributed by atoms with Crippen LogP contribution in [-0.4, -0.2) is 19.5 Å². The van der Waals surface area contributed by atoms with E-state index >= 15 is 0 Å². The SMILES string of the molecule is C=CCNC(=O)/C(C#N)=C/C=C1\N(C)c2ccccc2C1(C)C. The van der Waals surface area contributed by atoms with Crippen molar-refractivity contribution < 1.29 is 4.79 Å². The summed E-state index contributed by atoms with van der Waals surface area (Å²) in [6.07, 6.45) is 5.01.